The third kappa shape index (κ3) is 2.85. The first kappa shape index (κ1) is 10.3. The average Bonchev–Trinajstić information content (AvgIpc) is 2.55. The number of hydrogen-bond donors (Lipinski definition) is 1. The van der Waals surface area contributed by atoms with Crippen molar-refractivity contribution in [1.82, 2.24) is 9.62 Å². The lowest BCUT2D eigenvalue weighted by molar-refractivity contribution is 0.164. The number of amides is 1. The minimum Gasteiger partial charge on any atom is -0.316 e. The van der Waals surface area contributed by atoms with Crippen LogP contribution >= 0.6 is 0 Å². The lowest BCUT2D eigenvalue weighted by atomic mass is 10.4. The maximum absolute atomic E-state index is 11.1. The summed E-state index contributed by atoms with van der Waals surface area (Å²) in [6.07, 6.45) is 0.996. The van der Waals surface area contributed by atoms with Crippen LogP contribution in [0.5, 0.6) is 0 Å². The second-order valence-electron chi connectivity index (χ2n) is 2.70. The quantitative estimate of drug-likeness (QED) is 0.675. The summed E-state index contributed by atoms with van der Waals surface area (Å²) in [5.41, 5.74) is 0. The molecular weight excluding hydrogens is 196 g/mol. The largest absolute Gasteiger partial charge is 0.426 e. The third-order valence-electron chi connectivity index (χ3n) is 1.80. The molecule has 6 nitrogen and oxygen atoms in total. The number of hydrogen-bond acceptors (Lipinski definition) is 4. The molecule has 0 aromatic rings. The van der Waals surface area contributed by atoms with Crippen molar-refractivity contribution in [2.24, 2.45) is 0 Å². The van der Waals surface area contributed by atoms with Gasteiger partial charge in [0, 0.05) is 20.1 Å². The molecular formula is C6H12N2O4S. The molecule has 0 saturated carbocycles. The predicted molar refractivity (Wildman–Crippen MR) is 45.3 cm³/mol. The van der Waals surface area contributed by atoms with Crippen LogP contribution < -0.4 is 4.72 Å². The van der Waals surface area contributed by atoms with Crippen molar-refractivity contribution in [2.75, 3.05) is 20.1 Å². The summed E-state index contributed by atoms with van der Waals surface area (Å²) in [6.45, 7) is 1.14. The molecule has 1 fully saturated rings. The van der Waals surface area contributed by atoms with Gasteiger partial charge in [-0.15, -0.1) is 0 Å². The van der Waals surface area contributed by atoms with Gasteiger partial charge in [0.15, 0.2) is 0 Å². The highest BCUT2D eigenvalue weighted by atomic mass is 32.2. The smallest absolute Gasteiger partial charge is 0.316 e. The van der Waals surface area contributed by atoms with E-state index < -0.39 is 16.4 Å². The van der Waals surface area contributed by atoms with Crippen molar-refractivity contribution in [3.63, 3.8) is 0 Å². The van der Waals surface area contributed by atoms with E-state index in [-0.39, 0.29) is 0 Å². The van der Waals surface area contributed by atoms with Gasteiger partial charge in [0.1, 0.15) is 0 Å². The van der Waals surface area contributed by atoms with E-state index in [2.05, 4.69) is 4.18 Å². The van der Waals surface area contributed by atoms with E-state index >= 15 is 0 Å². The first-order chi connectivity index (χ1) is 6.05. The Balaban J connectivity index is 2.49. The fraction of sp³-hybridized carbons (Fsp3) is 0.833. The van der Waals surface area contributed by atoms with Gasteiger partial charge >= 0.3 is 16.4 Å². The van der Waals surface area contributed by atoms with Gasteiger partial charge in [-0.25, -0.2) is 4.79 Å². The zero-order chi connectivity index (χ0) is 9.90. The molecule has 13 heavy (non-hydrogen) atoms. The van der Waals surface area contributed by atoms with E-state index in [1.165, 1.54) is 11.9 Å². The highest BCUT2D eigenvalue weighted by Crippen LogP contribution is 2.09. The van der Waals surface area contributed by atoms with Crippen molar-refractivity contribution >= 4 is 16.4 Å². The number of rotatable bonds is 2. The monoisotopic (exact) mass is 208 g/mol. The van der Waals surface area contributed by atoms with E-state index in [9.17, 15) is 13.2 Å². The minimum atomic E-state index is -3.90. The molecule has 0 radical (unpaired) electrons. The number of nitrogens with zero attached hydrogens (tertiary/aromatic N) is 1. The van der Waals surface area contributed by atoms with Crippen LogP contribution in [-0.2, 0) is 14.5 Å². The molecule has 0 spiro atoms. The molecule has 1 heterocycles. The van der Waals surface area contributed by atoms with Crippen LogP contribution in [0.2, 0.25) is 0 Å². The third-order valence-corrected chi connectivity index (χ3v) is 2.66. The van der Waals surface area contributed by atoms with Crippen LogP contribution in [0.4, 0.5) is 4.79 Å². The van der Waals surface area contributed by atoms with Crippen LogP contribution in [0.25, 0.3) is 0 Å². The maximum atomic E-state index is 11.1. The van der Waals surface area contributed by atoms with Crippen molar-refractivity contribution in [3.8, 4) is 0 Å². The van der Waals surface area contributed by atoms with E-state index in [1.807, 2.05) is 4.72 Å². The number of nitrogens with one attached hydrogen (secondary N) is 1. The normalized spacial score (nSPS) is 17.5. The van der Waals surface area contributed by atoms with Crippen LogP contribution in [-0.4, -0.2) is 39.5 Å². The van der Waals surface area contributed by atoms with Crippen molar-refractivity contribution < 1.29 is 17.4 Å². The number of carbonyl (C=O) groups excluding carboxylic acids is 1. The van der Waals surface area contributed by atoms with Gasteiger partial charge in [0.05, 0.1) is 0 Å². The summed E-state index contributed by atoms with van der Waals surface area (Å²) < 4.78 is 27.7. The number of carbonyl (C=O) groups is 1. The molecule has 0 aromatic heterocycles. The van der Waals surface area contributed by atoms with Gasteiger partial charge in [-0.2, -0.15) is 13.1 Å². The molecule has 1 rings (SSSR count). The van der Waals surface area contributed by atoms with E-state index in [0.717, 1.165) is 12.8 Å². The molecule has 0 bridgehead atoms. The van der Waals surface area contributed by atoms with Crippen LogP contribution in [0.1, 0.15) is 12.8 Å². The predicted octanol–water partition coefficient (Wildman–Crippen LogP) is -0.317. The lowest BCUT2D eigenvalue weighted by Gasteiger charge is -2.13. The average molecular weight is 208 g/mol. The maximum Gasteiger partial charge on any atom is 0.426 e. The SMILES string of the molecule is CNS(=O)(=O)OC(=O)N1CCCC1. The summed E-state index contributed by atoms with van der Waals surface area (Å²) in [6, 6.07) is 0. The topological polar surface area (TPSA) is 75.7 Å². The molecule has 0 aromatic carbocycles. The van der Waals surface area contributed by atoms with Crippen molar-refractivity contribution in [2.45, 2.75) is 12.8 Å². The zero-order valence-corrected chi connectivity index (χ0v) is 8.13. The van der Waals surface area contributed by atoms with Crippen molar-refractivity contribution in [3.05, 3.63) is 0 Å². The zero-order valence-electron chi connectivity index (χ0n) is 7.32. The summed E-state index contributed by atoms with van der Waals surface area (Å²) in [5.74, 6) is 0. The highest BCUT2D eigenvalue weighted by Gasteiger charge is 2.23. The van der Waals surface area contributed by atoms with E-state index in [0.29, 0.717) is 13.1 Å². The lowest BCUT2D eigenvalue weighted by Crippen LogP contribution is -2.33. The van der Waals surface area contributed by atoms with Crippen LogP contribution in [0.3, 0.4) is 0 Å². The molecule has 1 aliphatic heterocycles. The molecule has 0 unspecified atom stereocenters. The molecule has 1 N–H and O–H groups in total. The Morgan fingerprint density at radius 1 is 1.38 bits per heavy atom. The first-order valence-electron chi connectivity index (χ1n) is 3.97. The standard InChI is InChI=1S/C6H12N2O4S/c1-7-13(10,11)12-6(9)8-4-2-3-5-8/h7H,2-5H2,1H3. The Morgan fingerprint density at radius 3 is 2.38 bits per heavy atom. The van der Waals surface area contributed by atoms with Gasteiger partial charge in [0.2, 0.25) is 0 Å². The fourth-order valence-corrected chi connectivity index (χ4v) is 1.46. The van der Waals surface area contributed by atoms with Gasteiger partial charge in [-0.05, 0) is 12.8 Å². The minimum absolute atomic E-state index is 0.568. The molecule has 1 amide bonds. The van der Waals surface area contributed by atoms with Crippen LogP contribution in [0.15, 0.2) is 0 Å². The van der Waals surface area contributed by atoms with Gasteiger partial charge in [-0.1, -0.05) is 0 Å². The van der Waals surface area contributed by atoms with Crippen molar-refractivity contribution in [1.29, 1.82) is 0 Å². The fourth-order valence-electron chi connectivity index (χ4n) is 1.09. The summed E-state index contributed by atoms with van der Waals surface area (Å²) in [4.78, 5) is 12.5. The second-order valence-corrected chi connectivity index (χ2v) is 4.18. The van der Waals surface area contributed by atoms with E-state index in [4.69, 9.17) is 0 Å². The molecule has 0 atom stereocenters. The van der Waals surface area contributed by atoms with Gasteiger partial charge in [0.25, 0.3) is 0 Å². The second kappa shape index (κ2) is 3.93. The molecule has 1 aliphatic rings. The Hall–Kier alpha value is -0.820. The molecule has 76 valence electrons. The molecule has 1 saturated heterocycles. The Kier molecular flexibility index (Phi) is 3.10. The Labute approximate surface area is 77.1 Å². The number of likely N-dealkylation sites (tertiary alicyclic amines) is 1. The summed E-state index contributed by atoms with van der Waals surface area (Å²) >= 11 is 0. The first-order valence-corrected chi connectivity index (χ1v) is 5.38. The van der Waals surface area contributed by atoms with E-state index in [1.54, 1.807) is 0 Å². The van der Waals surface area contributed by atoms with Gasteiger partial charge < -0.3 is 9.08 Å². The van der Waals surface area contributed by atoms with Crippen LogP contribution in [0, 0.1) is 0 Å². The molecule has 0 aliphatic carbocycles. The van der Waals surface area contributed by atoms with Gasteiger partial charge in [-0.3, -0.25) is 0 Å². The summed E-state index contributed by atoms with van der Waals surface area (Å²) in [5, 5.41) is 0. The molecule has 7 heteroatoms. The Morgan fingerprint density at radius 2 is 1.92 bits per heavy atom. The summed E-state index contributed by atoms with van der Waals surface area (Å²) in [7, 11) is -2.71. The Bertz CT molecular complexity index is 281. The highest BCUT2D eigenvalue weighted by molar-refractivity contribution is 7.85.